The summed E-state index contributed by atoms with van der Waals surface area (Å²) in [6, 6.07) is 9.97. The van der Waals surface area contributed by atoms with E-state index in [1.54, 1.807) is 23.5 Å². The van der Waals surface area contributed by atoms with Gasteiger partial charge in [0.2, 0.25) is 5.91 Å². The Morgan fingerprint density at radius 3 is 2.50 bits per heavy atom. The number of aromatic nitrogens is 1. The highest BCUT2D eigenvalue weighted by atomic mass is 32.1. The monoisotopic (exact) mass is 401 g/mol. The summed E-state index contributed by atoms with van der Waals surface area (Å²) in [5, 5.41) is 8.12. The Bertz CT molecular complexity index is 1000. The Balaban J connectivity index is 1.48. The second-order valence-electron chi connectivity index (χ2n) is 6.01. The molecule has 2 N–H and O–H groups in total. The summed E-state index contributed by atoms with van der Waals surface area (Å²) in [6.07, 6.45) is 0.0155. The van der Waals surface area contributed by atoms with Gasteiger partial charge < -0.3 is 10.6 Å². The topological polar surface area (TPSA) is 71.1 Å². The molecule has 1 heterocycles. The van der Waals surface area contributed by atoms with E-state index in [-0.39, 0.29) is 24.4 Å². The average molecular weight is 401 g/mol. The summed E-state index contributed by atoms with van der Waals surface area (Å²) in [5.41, 5.74) is 2.19. The fourth-order valence-electron chi connectivity index (χ4n) is 2.50. The number of hydrogen-bond donors (Lipinski definition) is 2. The molecule has 8 heteroatoms. The van der Waals surface area contributed by atoms with E-state index in [0.717, 1.165) is 28.4 Å². The van der Waals surface area contributed by atoms with Crippen LogP contribution < -0.4 is 10.6 Å². The van der Waals surface area contributed by atoms with Crippen LogP contribution in [0.15, 0.2) is 47.8 Å². The fourth-order valence-corrected chi connectivity index (χ4v) is 3.12. The molecule has 0 saturated carbocycles. The first-order chi connectivity index (χ1) is 13.4. The molecule has 0 atom stereocenters. The van der Waals surface area contributed by atoms with Gasteiger partial charge in [0, 0.05) is 35.7 Å². The smallest absolute Gasteiger partial charge is 0.254 e. The summed E-state index contributed by atoms with van der Waals surface area (Å²) in [6.45, 7) is 1.96. The summed E-state index contributed by atoms with van der Waals surface area (Å²) in [5.74, 6) is -2.70. The molecule has 144 valence electrons. The summed E-state index contributed by atoms with van der Waals surface area (Å²) < 4.78 is 26.4. The van der Waals surface area contributed by atoms with E-state index >= 15 is 0 Å². The zero-order chi connectivity index (χ0) is 20.1. The number of benzene rings is 2. The molecule has 0 aliphatic carbocycles. The van der Waals surface area contributed by atoms with Gasteiger partial charge in [-0.2, -0.15) is 0 Å². The van der Waals surface area contributed by atoms with Crippen LogP contribution in [0, 0.1) is 18.6 Å². The summed E-state index contributed by atoms with van der Waals surface area (Å²) in [7, 11) is 0. The van der Waals surface area contributed by atoms with Crippen molar-refractivity contribution in [3.63, 3.8) is 0 Å². The minimum Gasteiger partial charge on any atom is -0.351 e. The van der Waals surface area contributed by atoms with Crippen LogP contribution in [0.2, 0.25) is 0 Å². The van der Waals surface area contributed by atoms with Gasteiger partial charge in [-0.1, -0.05) is 12.1 Å². The molecule has 0 saturated heterocycles. The van der Waals surface area contributed by atoms with Crippen LogP contribution in [0.3, 0.4) is 0 Å². The number of halogens is 2. The van der Waals surface area contributed by atoms with E-state index < -0.39 is 17.5 Å². The zero-order valence-corrected chi connectivity index (χ0v) is 15.8. The molecule has 3 rings (SSSR count). The third kappa shape index (κ3) is 4.98. The lowest BCUT2D eigenvalue weighted by Gasteiger charge is -2.08. The van der Waals surface area contributed by atoms with Crippen molar-refractivity contribution in [2.75, 3.05) is 11.9 Å². The largest absolute Gasteiger partial charge is 0.351 e. The second kappa shape index (κ2) is 8.71. The van der Waals surface area contributed by atoms with Crippen LogP contribution in [-0.4, -0.2) is 23.3 Å². The van der Waals surface area contributed by atoms with Crippen molar-refractivity contribution in [1.29, 1.82) is 0 Å². The normalized spacial score (nSPS) is 10.5. The SMILES string of the molecule is Cc1nc(-c2ccc(NC(=O)CCNC(=O)c3ccc(F)cc3F)cc2)cs1. The van der Waals surface area contributed by atoms with Gasteiger partial charge in [0.15, 0.2) is 0 Å². The number of aryl methyl sites for hydroxylation is 1. The Hall–Kier alpha value is -3.13. The first-order valence-corrected chi connectivity index (χ1v) is 9.36. The number of nitrogens with zero attached hydrogens (tertiary/aromatic N) is 1. The average Bonchev–Trinajstić information content (AvgIpc) is 3.08. The minimum atomic E-state index is -0.947. The molecule has 0 aliphatic heterocycles. The van der Waals surface area contributed by atoms with Crippen LogP contribution in [0.25, 0.3) is 11.3 Å². The molecule has 2 aromatic carbocycles. The van der Waals surface area contributed by atoms with E-state index in [2.05, 4.69) is 15.6 Å². The molecular formula is C20H17F2N3O2S. The molecule has 1 aromatic heterocycles. The fraction of sp³-hybridized carbons (Fsp3) is 0.150. The maximum absolute atomic E-state index is 13.5. The van der Waals surface area contributed by atoms with E-state index in [4.69, 9.17) is 0 Å². The summed E-state index contributed by atoms with van der Waals surface area (Å²) in [4.78, 5) is 28.3. The highest BCUT2D eigenvalue weighted by Gasteiger charge is 2.12. The van der Waals surface area contributed by atoms with Crippen LogP contribution >= 0.6 is 11.3 Å². The Kier molecular flexibility index (Phi) is 6.10. The number of amides is 2. The predicted octanol–water partition coefficient (Wildman–Crippen LogP) is 4.16. The number of nitrogens with one attached hydrogen (secondary N) is 2. The molecule has 0 spiro atoms. The van der Waals surface area contributed by atoms with E-state index in [1.807, 2.05) is 24.4 Å². The van der Waals surface area contributed by atoms with E-state index in [0.29, 0.717) is 11.8 Å². The molecule has 0 unspecified atom stereocenters. The van der Waals surface area contributed by atoms with Crippen molar-refractivity contribution in [1.82, 2.24) is 10.3 Å². The number of hydrogen-bond acceptors (Lipinski definition) is 4. The number of carbonyl (C=O) groups is 2. The standard InChI is InChI=1S/C20H17F2N3O2S/c1-12-24-18(11-28-12)13-2-5-15(6-3-13)25-19(26)8-9-23-20(27)16-7-4-14(21)10-17(16)22/h2-7,10-11H,8-9H2,1H3,(H,23,27)(H,25,26). The third-order valence-electron chi connectivity index (χ3n) is 3.90. The molecule has 0 bridgehead atoms. The molecule has 0 aliphatic rings. The highest BCUT2D eigenvalue weighted by Crippen LogP contribution is 2.23. The Morgan fingerprint density at radius 1 is 1.11 bits per heavy atom. The molecule has 3 aromatic rings. The van der Waals surface area contributed by atoms with Crippen molar-refractivity contribution >= 4 is 28.8 Å². The number of thiazole rings is 1. The van der Waals surface area contributed by atoms with Gasteiger partial charge in [-0.05, 0) is 31.2 Å². The molecule has 28 heavy (non-hydrogen) atoms. The number of carbonyl (C=O) groups excluding carboxylic acids is 2. The van der Waals surface area contributed by atoms with Crippen LogP contribution in [0.1, 0.15) is 21.8 Å². The molecule has 0 radical (unpaired) electrons. The predicted molar refractivity (Wildman–Crippen MR) is 104 cm³/mol. The lowest BCUT2D eigenvalue weighted by atomic mass is 10.1. The van der Waals surface area contributed by atoms with Gasteiger partial charge in [-0.25, -0.2) is 13.8 Å². The zero-order valence-electron chi connectivity index (χ0n) is 15.0. The van der Waals surface area contributed by atoms with E-state index in [9.17, 15) is 18.4 Å². The Labute approximate surface area is 164 Å². The third-order valence-corrected chi connectivity index (χ3v) is 4.67. The van der Waals surface area contributed by atoms with Gasteiger partial charge in [0.1, 0.15) is 11.6 Å². The van der Waals surface area contributed by atoms with Gasteiger partial charge in [-0.3, -0.25) is 9.59 Å². The molecular weight excluding hydrogens is 384 g/mol. The Morgan fingerprint density at radius 2 is 1.86 bits per heavy atom. The van der Waals surface area contributed by atoms with Crippen molar-refractivity contribution in [2.45, 2.75) is 13.3 Å². The van der Waals surface area contributed by atoms with Crippen LogP contribution in [0.5, 0.6) is 0 Å². The van der Waals surface area contributed by atoms with Gasteiger partial charge in [0.05, 0.1) is 16.3 Å². The van der Waals surface area contributed by atoms with Crippen molar-refractivity contribution in [2.24, 2.45) is 0 Å². The van der Waals surface area contributed by atoms with Crippen LogP contribution in [0.4, 0.5) is 14.5 Å². The lowest BCUT2D eigenvalue weighted by Crippen LogP contribution is -2.28. The quantitative estimate of drug-likeness (QED) is 0.652. The maximum atomic E-state index is 13.5. The highest BCUT2D eigenvalue weighted by molar-refractivity contribution is 7.09. The van der Waals surface area contributed by atoms with Crippen molar-refractivity contribution in [3.8, 4) is 11.3 Å². The second-order valence-corrected chi connectivity index (χ2v) is 7.07. The lowest BCUT2D eigenvalue weighted by molar-refractivity contribution is -0.116. The first-order valence-electron chi connectivity index (χ1n) is 8.48. The number of rotatable bonds is 6. The van der Waals surface area contributed by atoms with Crippen molar-refractivity contribution in [3.05, 3.63) is 70.1 Å². The minimum absolute atomic E-state index is 0.0155. The molecule has 2 amide bonds. The molecule has 5 nitrogen and oxygen atoms in total. The number of anilines is 1. The van der Waals surface area contributed by atoms with Gasteiger partial charge >= 0.3 is 0 Å². The maximum Gasteiger partial charge on any atom is 0.254 e. The first kappa shape index (κ1) is 19.6. The van der Waals surface area contributed by atoms with Crippen molar-refractivity contribution < 1.29 is 18.4 Å². The van der Waals surface area contributed by atoms with Gasteiger partial charge in [-0.15, -0.1) is 11.3 Å². The van der Waals surface area contributed by atoms with Gasteiger partial charge in [0.25, 0.3) is 5.91 Å². The van der Waals surface area contributed by atoms with Crippen LogP contribution in [-0.2, 0) is 4.79 Å². The summed E-state index contributed by atoms with van der Waals surface area (Å²) >= 11 is 1.57. The van der Waals surface area contributed by atoms with E-state index in [1.165, 1.54) is 0 Å². The molecule has 0 fully saturated rings.